The van der Waals surface area contributed by atoms with Crippen LogP contribution in [0.2, 0.25) is 0 Å². The first-order valence-electron chi connectivity index (χ1n) is 8.94. The van der Waals surface area contributed by atoms with E-state index in [2.05, 4.69) is 10.6 Å². The molecule has 2 aromatic rings. The number of amides is 3. The number of urea groups is 1. The summed E-state index contributed by atoms with van der Waals surface area (Å²) in [6.07, 6.45) is 2.72. The van der Waals surface area contributed by atoms with E-state index in [4.69, 9.17) is 0 Å². The number of hydrogen-bond acceptors (Lipinski definition) is 2. The molecule has 1 heterocycles. The minimum atomic E-state index is -0.843. The summed E-state index contributed by atoms with van der Waals surface area (Å²) >= 11 is 0. The van der Waals surface area contributed by atoms with Gasteiger partial charge in [0.1, 0.15) is 17.3 Å². The fourth-order valence-electron chi connectivity index (χ4n) is 3.30. The normalized spacial score (nSPS) is 15.9. The average Bonchev–Trinajstić information content (AvgIpc) is 3.49. The minimum absolute atomic E-state index is 0.175. The first-order valence-corrected chi connectivity index (χ1v) is 8.94. The van der Waals surface area contributed by atoms with Crippen LogP contribution in [0, 0.1) is 17.6 Å². The lowest BCUT2D eigenvalue weighted by atomic mass is 9.98. The van der Waals surface area contributed by atoms with Gasteiger partial charge in [0.25, 0.3) is 0 Å². The van der Waals surface area contributed by atoms with Crippen molar-refractivity contribution in [2.45, 2.75) is 25.8 Å². The zero-order valence-electron chi connectivity index (χ0n) is 14.6. The summed E-state index contributed by atoms with van der Waals surface area (Å²) in [6.45, 7) is 1.23. The number of rotatable bonds is 3. The van der Waals surface area contributed by atoms with E-state index in [1.807, 2.05) is 11.0 Å². The number of fused-ring (bicyclic) bond motifs is 1. The highest BCUT2D eigenvalue weighted by Crippen LogP contribution is 2.33. The van der Waals surface area contributed by atoms with Crippen LogP contribution in [0.5, 0.6) is 0 Å². The number of benzene rings is 2. The molecule has 27 heavy (non-hydrogen) atoms. The molecule has 4 rings (SSSR count). The number of para-hydroxylation sites is 1. The van der Waals surface area contributed by atoms with E-state index in [0.717, 1.165) is 42.5 Å². The van der Waals surface area contributed by atoms with Gasteiger partial charge >= 0.3 is 6.03 Å². The van der Waals surface area contributed by atoms with E-state index in [9.17, 15) is 18.4 Å². The number of halogens is 2. The second-order valence-electron chi connectivity index (χ2n) is 6.94. The Kier molecular flexibility index (Phi) is 4.51. The Morgan fingerprint density at radius 3 is 2.44 bits per heavy atom. The van der Waals surface area contributed by atoms with E-state index in [1.54, 1.807) is 12.1 Å². The Hall–Kier alpha value is -2.96. The van der Waals surface area contributed by atoms with Crippen molar-refractivity contribution < 1.29 is 18.4 Å². The van der Waals surface area contributed by atoms with Crippen molar-refractivity contribution in [1.82, 2.24) is 4.90 Å². The number of hydrogen-bond donors (Lipinski definition) is 2. The zero-order chi connectivity index (χ0) is 19.0. The van der Waals surface area contributed by atoms with Gasteiger partial charge in [0, 0.05) is 24.7 Å². The van der Waals surface area contributed by atoms with E-state index in [0.29, 0.717) is 18.8 Å². The lowest BCUT2D eigenvalue weighted by Gasteiger charge is -2.29. The second-order valence-corrected chi connectivity index (χ2v) is 6.94. The van der Waals surface area contributed by atoms with E-state index < -0.39 is 23.4 Å². The highest BCUT2D eigenvalue weighted by atomic mass is 19.1. The van der Waals surface area contributed by atoms with Crippen molar-refractivity contribution in [3.8, 4) is 0 Å². The maximum atomic E-state index is 13.6. The highest BCUT2D eigenvalue weighted by Gasteiger charge is 2.34. The molecule has 7 heteroatoms. The van der Waals surface area contributed by atoms with Gasteiger partial charge in [-0.2, -0.15) is 0 Å². The van der Waals surface area contributed by atoms with Crippen LogP contribution < -0.4 is 10.6 Å². The first-order chi connectivity index (χ1) is 13.0. The summed E-state index contributed by atoms with van der Waals surface area (Å²) in [5.41, 5.74) is 2.13. The molecular weight excluding hydrogens is 352 g/mol. The Bertz CT molecular complexity index is 892. The summed E-state index contributed by atoms with van der Waals surface area (Å²) in [4.78, 5) is 26.2. The summed E-state index contributed by atoms with van der Waals surface area (Å²) in [7, 11) is 0. The van der Waals surface area contributed by atoms with Crippen molar-refractivity contribution in [2.24, 2.45) is 5.92 Å². The Labute approximate surface area is 155 Å². The SMILES string of the molecule is O=C(Nc1ccc2c(c1)CN(C(=O)C1CC1)CC2)Nc1c(F)cccc1F. The molecule has 0 aromatic heterocycles. The fourth-order valence-corrected chi connectivity index (χ4v) is 3.30. The molecular formula is C20H19F2N3O2. The van der Waals surface area contributed by atoms with Crippen LogP contribution in [-0.2, 0) is 17.8 Å². The molecule has 3 amide bonds. The van der Waals surface area contributed by atoms with E-state index in [1.165, 1.54) is 6.07 Å². The van der Waals surface area contributed by atoms with Crippen LogP contribution >= 0.6 is 0 Å². The van der Waals surface area contributed by atoms with Gasteiger partial charge in [-0.25, -0.2) is 13.6 Å². The predicted octanol–water partition coefficient (Wildman–Crippen LogP) is 3.90. The summed E-state index contributed by atoms with van der Waals surface area (Å²) in [6, 6.07) is 8.10. The minimum Gasteiger partial charge on any atom is -0.338 e. The van der Waals surface area contributed by atoms with E-state index >= 15 is 0 Å². The zero-order valence-corrected chi connectivity index (χ0v) is 14.6. The van der Waals surface area contributed by atoms with Gasteiger partial charge in [-0.3, -0.25) is 4.79 Å². The molecule has 2 aliphatic rings. The number of anilines is 2. The molecule has 2 N–H and O–H groups in total. The smallest absolute Gasteiger partial charge is 0.323 e. The van der Waals surface area contributed by atoms with Crippen LogP contribution in [-0.4, -0.2) is 23.4 Å². The Morgan fingerprint density at radius 2 is 1.74 bits per heavy atom. The van der Waals surface area contributed by atoms with Crippen LogP contribution in [0.4, 0.5) is 25.0 Å². The molecule has 1 saturated carbocycles. The van der Waals surface area contributed by atoms with Crippen LogP contribution in [0.1, 0.15) is 24.0 Å². The highest BCUT2D eigenvalue weighted by molar-refractivity contribution is 6.00. The maximum Gasteiger partial charge on any atom is 0.323 e. The molecule has 0 saturated heterocycles. The third-order valence-electron chi connectivity index (χ3n) is 4.92. The largest absolute Gasteiger partial charge is 0.338 e. The molecule has 5 nitrogen and oxygen atoms in total. The number of carbonyl (C=O) groups excluding carboxylic acids is 2. The third kappa shape index (κ3) is 3.77. The summed E-state index contributed by atoms with van der Waals surface area (Å²) in [5.74, 6) is -1.31. The van der Waals surface area contributed by atoms with Gasteiger partial charge in [0.15, 0.2) is 0 Å². The van der Waals surface area contributed by atoms with Crippen LogP contribution in [0.25, 0.3) is 0 Å². The summed E-state index contributed by atoms with van der Waals surface area (Å²) in [5, 5.41) is 4.78. The molecule has 0 radical (unpaired) electrons. The third-order valence-corrected chi connectivity index (χ3v) is 4.92. The van der Waals surface area contributed by atoms with Crippen molar-refractivity contribution in [3.63, 3.8) is 0 Å². The Morgan fingerprint density at radius 1 is 1.00 bits per heavy atom. The van der Waals surface area contributed by atoms with Gasteiger partial charge in [-0.1, -0.05) is 12.1 Å². The van der Waals surface area contributed by atoms with Gasteiger partial charge in [-0.15, -0.1) is 0 Å². The topological polar surface area (TPSA) is 61.4 Å². The monoisotopic (exact) mass is 371 g/mol. The van der Waals surface area contributed by atoms with Crippen molar-refractivity contribution >= 4 is 23.3 Å². The molecule has 0 bridgehead atoms. The van der Waals surface area contributed by atoms with Crippen molar-refractivity contribution in [1.29, 1.82) is 0 Å². The van der Waals surface area contributed by atoms with Gasteiger partial charge in [0.05, 0.1) is 0 Å². The van der Waals surface area contributed by atoms with Gasteiger partial charge in [0.2, 0.25) is 5.91 Å². The van der Waals surface area contributed by atoms with Crippen LogP contribution in [0.3, 0.4) is 0 Å². The van der Waals surface area contributed by atoms with Crippen molar-refractivity contribution in [2.75, 3.05) is 17.2 Å². The van der Waals surface area contributed by atoms with Gasteiger partial charge in [-0.05, 0) is 54.7 Å². The standard InChI is InChI=1S/C20H19F2N3O2/c21-16-2-1-3-17(22)18(16)24-20(27)23-15-7-6-12-8-9-25(11-14(12)10-15)19(26)13-4-5-13/h1-3,6-7,10,13H,4-5,8-9,11H2,(H2,23,24,27). The molecule has 1 aliphatic heterocycles. The lowest BCUT2D eigenvalue weighted by Crippen LogP contribution is -2.36. The quantitative estimate of drug-likeness (QED) is 0.860. The maximum absolute atomic E-state index is 13.6. The predicted molar refractivity (Wildman–Crippen MR) is 97.3 cm³/mol. The number of carbonyl (C=O) groups is 2. The molecule has 0 spiro atoms. The molecule has 1 aliphatic carbocycles. The number of nitrogens with one attached hydrogen (secondary N) is 2. The number of nitrogens with zero attached hydrogens (tertiary/aromatic N) is 1. The molecule has 2 aromatic carbocycles. The Balaban J connectivity index is 1.45. The lowest BCUT2D eigenvalue weighted by molar-refractivity contribution is -0.133. The molecule has 1 fully saturated rings. The molecule has 140 valence electrons. The summed E-state index contributed by atoms with van der Waals surface area (Å²) < 4.78 is 27.3. The second kappa shape index (κ2) is 6.98. The van der Waals surface area contributed by atoms with E-state index in [-0.39, 0.29) is 11.8 Å². The van der Waals surface area contributed by atoms with Crippen LogP contribution in [0.15, 0.2) is 36.4 Å². The average molecular weight is 371 g/mol. The van der Waals surface area contributed by atoms with Gasteiger partial charge < -0.3 is 15.5 Å². The first kappa shape index (κ1) is 17.5. The molecule has 0 unspecified atom stereocenters. The van der Waals surface area contributed by atoms with Crippen molar-refractivity contribution in [3.05, 3.63) is 59.2 Å². The fraction of sp³-hybridized carbons (Fsp3) is 0.300. The molecule has 0 atom stereocenters.